The minimum absolute atomic E-state index is 0.0387. The number of halogens is 5. The molecule has 0 aliphatic heterocycles. The van der Waals surface area contributed by atoms with Crippen LogP contribution < -0.4 is 5.73 Å². The first-order valence-corrected chi connectivity index (χ1v) is 15.4. The summed E-state index contributed by atoms with van der Waals surface area (Å²) in [5.74, 6) is -0.571. The van der Waals surface area contributed by atoms with Crippen molar-refractivity contribution >= 4 is 5.78 Å². The number of Topliss-reactive ketones (excluding diaryl/α,β-unsaturated/α-hetero) is 1. The Bertz CT molecular complexity index is 1790. The van der Waals surface area contributed by atoms with Crippen LogP contribution in [-0.4, -0.2) is 48.3 Å². The molecule has 250 valence electrons. The zero-order valence-electron chi connectivity index (χ0n) is 26.0. The Kier molecular flexibility index (Phi) is 11.5. The average molecular weight is 664 g/mol. The van der Waals surface area contributed by atoms with Crippen LogP contribution in [0.15, 0.2) is 97.1 Å². The lowest BCUT2D eigenvalue weighted by Gasteiger charge is -2.15. The first-order chi connectivity index (χ1) is 23.1. The molecule has 0 fully saturated rings. The monoisotopic (exact) mass is 663 g/mol. The number of rotatable bonds is 15. The smallest absolute Gasteiger partial charge is 0.379 e. The van der Waals surface area contributed by atoms with Gasteiger partial charge in [0.25, 0.3) is 0 Å². The van der Waals surface area contributed by atoms with Crippen LogP contribution in [0.4, 0.5) is 22.0 Å². The lowest BCUT2D eigenvalue weighted by molar-refractivity contribution is -0.137. The number of benzene rings is 4. The van der Waals surface area contributed by atoms with Crippen molar-refractivity contribution in [2.75, 3.05) is 33.0 Å². The lowest BCUT2D eigenvalue weighted by Crippen LogP contribution is -2.12. The first-order valence-electron chi connectivity index (χ1n) is 15.4. The van der Waals surface area contributed by atoms with Gasteiger partial charge in [-0.3, -0.25) is 4.79 Å². The number of ketones is 1. The summed E-state index contributed by atoms with van der Waals surface area (Å²) in [5, 5.41) is 0. The number of carbonyl (C=O) groups is 1. The van der Waals surface area contributed by atoms with Crippen molar-refractivity contribution in [3.63, 3.8) is 0 Å². The Balaban J connectivity index is 1.46. The number of nitrogens with two attached hydrogens (primary N) is 1. The summed E-state index contributed by atoms with van der Waals surface area (Å²) in [6.07, 6.45) is -3.66. The standard InChI is InChI=1S/C37H34F5N3O3/c38-31-15-9-27(10-16-31)34-35(28-11-17-32(39)18-12-28)45(36(44-34)29-7-13-30(14-8-29)37(40,41)42)24-25-3-5-26(6-4-25)33(46)2-1-20-47-22-23-48-21-19-43/h3-18H,1-2,19-24,43H2. The van der Waals surface area contributed by atoms with Crippen LogP contribution in [0.2, 0.25) is 0 Å². The molecule has 0 spiro atoms. The van der Waals surface area contributed by atoms with E-state index in [1.54, 1.807) is 48.5 Å². The molecule has 6 nitrogen and oxygen atoms in total. The molecule has 5 aromatic rings. The number of hydrogen-bond donors (Lipinski definition) is 1. The molecule has 1 heterocycles. The molecule has 2 N–H and O–H groups in total. The third kappa shape index (κ3) is 8.80. The number of hydrogen-bond acceptors (Lipinski definition) is 5. The zero-order valence-corrected chi connectivity index (χ0v) is 26.0. The second-order valence-corrected chi connectivity index (χ2v) is 11.0. The number of alkyl halides is 3. The first kappa shape index (κ1) is 34.6. The zero-order chi connectivity index (χ0) is 34.1. The number of imidazole rings is 1. The van der Waals surface area contributed by atoms with Gasteiger partial charge < -0.3 is 19.8 Å². The number of ether oxygens (including phenoxy) is 2. The predicted molar refractivity (Wildman–Crippen MR) is 173 cm³/mol. The van der Waals surface area contributed by atoms with Gasteiger partial charge >= 0.3 is 6.18 Å². The van der Waals surface area contributed by atoms with Crippen LogP contribution in [0.25, 0.3) is 33.9 Å². The van der Waals surface area contributed by atoms with E-state index in [0.717, 1.165) is 17.7 Å². The van der Waals surface area contributed by atoms with E-state index >= 15 is 0 Å². The van der Waals surface area contributed by atoms with Crippen molar-refractivity contribution in [3.8, 4) is 33.9 Å². The average Bonchev–Trinajstić information content (AvgIpc) is 3.45. The molecule has 0 aliphatic rings. The molecule has 0 radical (unpaired) electrons. The number of aromatic nitrogens is 2. The molecule has 11 heteroatoms. The Morgan fingerprint density at radius 1 is 0.708 bits per heavy atom. The highest BCUT2D eigenvalue weighted by atomic mass is 19.4. The van der Waals surface area contributed by atoms with Crippen molar-refractivity contribution in [2.24, 2.45) is 5.73 Å². The predicted octanol–water partition coefficient (Wildman–Crippen LogP) is 8.18. The minimum Gasteiger partial charge on any atom is -0.379 e. The van der Waals surface area contributed by atoms with Crippen LogP contribution in [0, 0.1) is 11.6 Å². The third-order valence-corrected chi connectivity index (χ3v) is 7.62. The topological polar surface area (TPSA) is 79.4 Å². The molecule has 5 rings (SSSR count). The van der Waals surface area contributed by atoms with E-state index in [9.17, 15) is 26.7 Å². The van der Waals surface area contributed by atoms with Crippen LogP contribution in [-0.2, 0) is 22.2 Å². The van der Waals surface area contributed by atoms with Gasteiger partial charge in [0.15, 0.2) is 5.78 Å². The van der Waals surface area contributed by atoms with E-state index in [2.05, 4.69) is 0 Å². The molecule has 0 bridgehead atoms. The van der Waals surface area contributed by atoms with Gasteiger partial charge in [-0.05, 0) is 72.6 Å². The maximum Gasteiger partial charge on any atom is 0.416 e. The van der Waals surface area contributed by atoms with Crippen LogP contribution in [0.3, 0.4) is 0 Å². The summed E-state index contributed by atoms with van der Waals surface area (Å²) >= 11 is 0. The van der Waals surface area contributed by atoms with E-state index in [1.807, 2.05) is 4.57 Å². The summed E-state index contributed by atoms with van der Waals surface area (Å²) < 4.78 is 80.6. The molecule has 0 atom stereocenters. The van der Waals surface area contributed by atoms with Crippen LogP contribution in [0.1, 0.15) is 34.3 Å². The van der Waals surface area contributed by atoms with Gasteiger partial charge in [-0.25, -0.2) is 13.8 Å². The van der Waals surface area contributed by atoms with Gasteiger partial charge in [0, 0.05) is 48.4 Å². The van der Waals surface area contributed by atoms with Gasteiger partial charge in [0.05, 0.1) is 36.8 Å². The second-order valence-electron chi connectivity index (χ2n) is 11.0. The molecule has 1 aromatic heterocycles. The molecular formula is C37H34F5N3O3. The van der Waals surface area contributed by atoms with Crippen molar-refractivity contribution in [2.45, 2.75) is 25.6 Å². The summed E-state index contributed by atoms with van der Waals surface area (Å²) in [6.45, 7) is 2.42. The Morgan fingerprint density at radius 3 is 1.85 bits per heavy atom. The fourth-order valence-corrected chi connectivity index (χ4v) is 5.21. The number of carbonyl (C=O) groups excluding carboxylic acids is 1. The van der Waals surface area contributed by atoms with Gasteiger partial charge in [0.1, 0.15) is 17.5 Å². The van der Waals surface area contributed by atoms with Crippen molar-refractivity contribution in [1.29, 1.82) is 0 Å². The molecule has 0 saturated carbocycles. The molecular weight excluding hydrogens is 629 g/mol. The lowest BCUT2D eigenvalue weighted by atomic mass is 10.0. The normalized spacial score (nSPS) is 11.6. The second kappa shape index (κ2) is 15.9. The van der Waals surface area contributed by atoms with Crippen molar-refractivity contribution in [1.82, 2.24) is 9.55 Å². The fraction of sp³-hybridized carbons (Fsp3) is 0.243. The molecule has 48 heavy (non-hydrogen) atoms. The van der Waals surface area contributed by atoms with E-state index in [1.165, 1.54) is 36.4 Å². The summed E-state index contributed by atoms with van der Waals surface area (Å²) in [7, 11) is 0. The van der Waals surface area contributed by atoms with E-state index in [4.69, 9.17) is 20.2 Å². The highest BCUT2D eigenvalue weighted by Gasteiger charge is 2.30. The van der Waals surface area contributed by atoms with E-state index in [-0.39, 0.29) is 12.3 Å². The van der Waals surface area contributed by atoms with Crippen LogP contribution >= 0.6 is 0 Å². The fourth-order valence-electron chi connectivity index (χ4n) is 5.21. The Hall–Kier alpha value is -4.71. The molecule has 0 amide bonds. The SMILES string of the molecule is NCCOCCOCCCC(=O)c1ccc(Cn2c(-c3ccc(C(F)(F)F)cc3)nc(-c3ccc(F)cc3)c2-c2ccc(F)cc2)cc1. The summed E-state index contributed by atoms with van der Waals surface area (Å²) in [4.78, 5) is 17.7. The van der Waals surface area contributed by atoms with E-state index in [0.29, 0.717) is 85.3 Å². The Labute approximate surface area is 275 Å². The minimum atomic E-state index is -4.52. The summed E-state index contributed by atoms with van der Waals surface area (Å²) in [6, 6.07) is 23.2. The van der Waals surface area contributed by atoms with Gasteiger partial charge in [-0.15, -0.1) is 0 Å². The molecule has 0 unspecified atom stereocenters. The molecule has 0 saturated heterocycles. The third-order valence-electron chi connectivity index (χ3n) is 7.62. The van der Waals surface area contributed by atoms with Gasteiger partial charge in [-0.1, -0.05) is 36.4 Å². The quantitative estimate of drug-likeness (QED) is 0.0695. The highest BCUT2D eigenvalue weighted by molar-refractivity contribution is 5.96. The van der Waals surface area contributed by atoms with E-state index < -0.39 is 23.4 Å². The summed E-state index contributed by atoms with van der Waals surface area (Å²) in [5.41, 5.74) is 8.47. The maximum absolute atomic E-state index is 14.0. The maximum atomic E-state index is 14.0. The molecule has 0 aliphatic carbocycles. The Morgan fingerprint density at radius 2 is 1.27 bits per heavy atom. The molecule has 4 aromatic carbocycles. The van der Waals surface area contributed by atoms with Crippen molar-refractivity contribution < 1.29 is 36.2 Å². The number of nitrogens with zero attached hydrogens (tertiary/aromatic N) is 2. The van der Waals surface area contributed by atoms with Gasteiger partial charge in [0.2, 0.25) is 0 Å². The van der Waals surface area contributed by atoms with Crippen LogP contribution in [0.5, 0.6) is 0 Å². The largest absolute Gasteiger partial charge is 0.416 e. The highest BCUT2D eigenvalue weighted by Crippen LogP contribution is 2.38. The van der Waals surface area contributed by atoms with Gasteiger partial charge in [-0.2, -0.15) is 13.2 Å². The van der Waals surface area contributed by atoms with Crippen molar-refractivity contribution in [3.05, 3.63) is 125 Å².